The van der Waals surface area contributed by atoms with E-state index in [0.29, 0.717) is 5.56 Å². The maximum absolute atomic E-state index is 13.1. The Bertz CT molecular complexity index is 568. The molecule has 5 heteroatoms. The fourth-order valence-electron chi connectivity index (χ4n) is 1.33. The van der Waals surface area contributed by atoms with Crippen LogP contribution in [0.1, 0.15) is 5.56 Å². The van der Waals surface area contributed by atoms with Gasteiger partial charge >= 0.3 is 0 Å². The highest BCUT2D eigenvalue weighted by Gasteiger charge is 2.02. The highest BCUT2D eigenvalue weighted by molar-refractivity contribution is 6.30. The average Bonchev–Trinajstić information content (AvgIpc) is 2.27. The van der Waals surface area contributed by atoms with Gasteiger partial charge < -0.3 is 0 Å². The van der Waals surface area contributed by atoms with E-state index < -0.39 is 5.82 Å². The van der Waals surface area contributed by atoms with Crippen molar-refractivity contribution in [2.45, 2.75) is 6.54 Å². The molecular weight excluding hydrogens is 231 g/mol. The van der Waals surface area contributed by atoms with Crippen molar-refractivity contribution in [3.63, 3.8) is 0 Å². The first-order chi connectivity index (χ1) is 7.66. The minimum absolute atomic E-state index is 0.0716. The van der Waals surface area contributed by atoms with E-state index in [0.717, 1.165) is 0 Å². The van der Waals surface area contributed by atoms with E-state index in [1.165, 1.54) is 35.3 Å². The Morgan fingerprint density at radius 2 is 2.19 bits per heavy atom. The number of nitrogens with zero attached hydrogens (tertiary/aromatic N) is 2. The zero-order chi connectivity index (χ0) is 11.5. The molecule has 0 bridgehead atoms. The summed E-state index contributed by atoms with van der Waals surface area (Å²) in [4.78, 5) is 15.2. The van der Waals surface area contributed by atoms with Crippen LogP contribution < -0.4 is 5.56 Å². The van der Waals surface area contributed by atoms with E-state index in [-0.39, 0.29) is 17.1 Å². The summed E-state index contributed by atoms with van der Waals surface area (Å²) < 4.78 is 14.5. The minimum Gasteiger partial charge on any atom is -0.295 e. The van der Waals surface area contributed by atoms with Gasteiger partial charge in [0.25, 0.3) is 5.56 Å². The predicted molar refractivity (Wildman–Crippen MR) is 59.0 cm³/mol. The molecule has 0 unspecified atom stereocenters. The van der Waals surface area contributed by atoms with Crippen LogP contribution in [0.15, 0.2) is 41.6 Å². The molecule has 2 aromatic rings. The van der Waals surface area contributed by atoms with Gasteiger partial charge in [0.15, 0.2) is 0 Å². The molecule has 0 atom stereocenters. The van der Waals surface area contributed by atoms with Gasteiger partial charge in [-0.25, -0.2) is 9.37 Å². The predicted octanol–water partition coefficient (Wildman–Crippen LogP) is 2.08. The van der Waals surface area contributed by atoms with Crippen molar-refractivity contribution in [2.24, 2.45) is 0 Å². The van der Waals surface area contributed by atoms with Crippen LogP contribution in [0, 0.1) is 5.82 Å². The van der Waals surface area contributed by atoms with Gasteiger partial charge in [0.1, 0.15) is 5.82 Å². The van der Waals surface area contributed by atoms with Crippen LogP contribution in [0.2, 0.25) is 5.02 Å². The van der Waals surface area contributed by atoms with Gasteiger partial charge in [-0.15, -0.1) is 0 Å². The van der Waals surface area contributed by atoms with Crippen LogP contribution >= 0.6 is 11.6 Å². The van der Waals surface area contributed by atoms with Crippen LogP contribution in [-0.4, -0.2) is 9.55 Å². The van der Waals surface area contributed by atoms with E-state index in [4.69, 9.17) is 11.6 Å². The summed E-state index contributed by atoms with van der Waals surface area (Å²) in [6.07, 6.45) is 2.83. The molecular formula is C11H8ClFN2O. The molecule has 3 nitrogen and oxygen atoms in total. The standard InChI is InChI=1S/C11H8ClFN2O/c12-9-2-1-8(5-10(9)13)6-15-7-14-4-3-11(15)16/h1-5,7H,6H2. The zero-order valence-corrected chi connectivity index (χ0v) is 8.99. The lowest BCUT2D eigenvalue weighted by Crippen LogP contribution is -2.19. The smallest absolute Gasteiger partial charge is 0.253 e. The summed E-state index contributed by atoms with van der Waals surface area (Å²) in [6, 6.07) is 5.80. The van der Waals surface area contributed by atoms with Crippen LogP contribution in [0.5, 0.6) is 0 Å². The molecule has 16 heavy (non-hydrogen) atoms. The maximum atomic E-state index is 13.1. The van der Waals surface area contributed by atoms with E-state index in [1.807, 2.05) is 0 Å². The Labute approximate surface area is 96.1 Å². The summed E-state index contributed by atoms with van der Waals surface area (Å²) in [7, 11) is 0. The third kappa shape index (κ3) is 2.28. The molecule has 0 spiro atoms. The van der Waals surface area contributed by atoms with Crippen molar-refractivity contribution < 1.29 is 4.39 Å². The molecule has 0 aliphatic heterocycles. The fraction of sp³-hybridized carbons (Fsp3) is 0.0909. The SMILES string of the molecule is O=c1ccncn1Cc1ccc(Cl)c(F)c1. The number of benzene rings is 1. The molecule has 0 amide bonds. The van der Waals surface area contributed by atoms with E-state index in [9.17, 15) is 9.18 Å². The van der Waals surface area contributed by atoms with E-state index in [2.05, 4.69) is 4.98 Å². The molecule has 1 aromatic heterocycles. The van der Waals surface area contributed by atoms with Crippen LogP contribution in [0.25, 0.3) is 0 Å². The average molecular weight is 239 g/mol. The molecule has 0 aliphatic rings. The lowest BCUT2D eigenvalue weighted by Gasteiger charge is -2.04. The fourth-order valence-corrected chi connectivity index (χ4v) is 1.45. The van der Waals surface area contributed by atoms with Crippen molar-refractivity contribution in [3.05, 3.63) is 63.5 Å². The Morgan fingerprint density at radius 1 is 1.38 bits per heavy atom. The molecule has 1 heterocycles. The second-order valence-electron chi connectivity index (χ2n) is 3.29. The first kappa shape index (κ1) is 10.8. The zero-order valence-electron chi connectivity index (χ0n) is 8.23. The van der Waals surface area contributed by atoms with Gasteiger partial charge in [0.2, 0.25) is 0 Å². The minimum atomic E-state index is -0.490. The van der Waals surface area contributed by atoms with Crippen molar-refractivity contribution >= 4 is 11.6 Å². The Hall–Kier alpha value is -1.68. The van der Waals surface area contributed by atoms with Crippen LogP contribution in [-0.2, 0) is 6.54 Å². The lowest BCUT2D eigenvalue weighted by atomic mass is 10.2. The Morgan fingerprint density at radius 3 is 2.88 bits per heavy atom. The Balaban J connectivity index is 2.31. The number of rotatable bonds is 2. The van der Waals surface area contributed by atoms with E-state index in [1.54, 1.807) is 6.07 Å². The molecule has 2 rings (SSSR count). The third-order valence-corrected chi connectivity index (χ3v) is 2.44. The summed E-state index contributed by atoms with van der Waals surface area (Å²) >= 11 is 5.56. The summed E-state index contributed by atoms with van der Waals surface area (Å²) in [5, 5.41) is 0.0716. The lowest BCUT2D eigenvalue weighted by molar-refractivity contribution is 0.622. The molecule has 0 saturated heterocycles. The molecule has 0 saturated carbocycles. The highest BCUT2D eigenvalue weighted by Crippen LogP contribution is 2.15. The van der Waals surface area contributed by atoms with Crippen LogP contribution in [0.4, 0.5) is 4.39 Å². The Kier molecular flexibility index (Phi) is 3.01. The highest BCUT2D eigenvalue weighted by atomic mass is 35.5. The molecule has 0 fully saturated rings. The molecule has 0 aliphatic carbocycles. The number of hydrogen-bond donors (Lipinski definition) is 0. The largest absolute Gasteiger partial charge is 0.295 e. The van der Waals surface area contributed by atoms with Gasteiger partial charge in [-0.05, 0) is 17.7 Å². The van der Waals surface area contributed by atoms with Crippen molar-refractivity contribution in [3.8, 4) is 0 Å². The third-order valence-electron chi connectivity index (χ3n) is 2.13. The second kappa shape index (κ2) is 4.45. The van der Waals surface area contributed by atoms with Gasteiger partial charge in [0.05, 0.1) is 17.9 Å². The van der Waals surface area contributed by atoms with Gasteiger partial charge in [-0.3, -0.25) is 9.36 Å². The maximum Gasteiger partial charge on any atom is 0.253 e. The molecule has 1 aromatic carbocycles. The quantitative estimate of drug-likeness (QED) is 0.803. The summed E-state index contributed by atoms with van der Waals surface area (Å²) in [6.45, 7) is 0.279. The van der Waals surface area contributed by atoms with Crippen molar-refractivity contribution in [1.29, 1.82) is 0 Å². The molecule has 82 valence electrons. The van der Waals surface area contributed by atoms with Gasteiger partial charge in [-0.2, -0.15) is 0 Å². The van der Waals surface area contributed by atoms with E-state index >= 15 is 0 Å². The molecule has 0 N–H and O–H groups in total. The first-order valence-corrected chi connectivity index (χ1v) is 4.99. The van der Waals surface area contributed by atoms with Crippen molar-refractivity contribution in [2.75, 3.05) is 0 Å². The van der Waals surface area contributed by atoms with Crippen LogP contribution in [0.3, 0.4) is 0 Å². The summed E-state index contributed by atoms with van der Waals surface area (Å²) in [5.41, 5.74) is 0.488. The number of aromatic nitrogens is 2. The van der Waals surface area contributed by atoms with Crippen molar-refractivity contribution in [1.82, 2.24) is 9.55 Å². The van der Waals surface area contributed by atoms with Gasteiger partial charge in [0, 0.05) is 12.3 Å². The normalized spacial score (nSPS) is 10.4. The summed E-state index contributed by atoms with van der Waals surface area (Å²) in [5.74, 6) is -0.490. The topological polar surface area (TPSA) is 34.9 Å². The monoisotopic (exact) mass is 238 g/mol. The second-order valence-corrected chi connectivity index (χ2v) is 3.70. The van der Waals surface area contributed by atoms with Gasteiger partial charge in [-0.1, -0.05) is 17.7 Å². The number of hydrogen-bond acceptors (Lipinski definition) is 2. The first-order valence-electron chi connectivity index (χ1n) is 4.61. The molecule has 0 radical (unpaired) electrons. The number of halogens is 2.